The smallest absolute Gasteiger partial charge is 0.319 e. The fourth-order valence-corrected chi connectivity index (χ4v) is 2.80. The topological polar surface area (TPSA) is 71.7 Å². The van der Waals surface area contributed by atoms with Crippen molar-refractivity contribution in [2.75, 3.05) is 39.8 Å². The van der Waals surface area contributed by atoms with E-state index in [4.69, 9.17) is 9.26 Å². The number of benzene rings is 1. The van der Waals surface area contributed by atoms with Gasteiger partial charge < -0.3 is 9.26 Å². The van der Waals surface area contributed by atoms with Gasteiger partial charge in [0.2, 0.25) is 11.7 Å². The molecule has 0 radical (unpaired) electrons. The molecule has 2 heterocycles. The van der Waals surface area contributed by atoms with Crippen LogP contribution in [0.2, 0.25) is 0 Å². The number of rotatable bonds is 5. The van der Waals surface area contributed by atoms with Gasteiger partial charge in [-0.1, -0.05) is 29.4 Å². The molecule has 0 amide bonds. The quantitative estimate of drug-likeness (QED) is 0.766. The molecule has 3 rings (SSSR count). The molecule has 0 bridgehead atoms. The summed E-state index contributed by atoms with van der Waals surface area (Å²) in [6, 6.07) is 7.99. The van der Waals surface area contributed by atoms with Crippen molar-refractivity contribution in [2.24, 2.45) is 0 Å². The minimum Gasteiger partial charge on any atom is -0.468 e. The summed E-state index contributed by atoms with van der Waals surface area (Å²) in [6.07, 6.45) is 0. The number of hydrogen-bond acceptors (Lipinski definition) is 7. The Morgan fingerprint density at radius 2 is 1.92 bits per heavy atom. The van der Waals surface area contributed by atoms with Crippen LogP contribution in [0.1, 0.15) is 11.5 Å². The normalized spacial score (nSPS) is 16.2. The van der Waals surface area contributed by atoms with Crippen molar-refractivity contribution in [1.82, 2.24) is 19.9 Å². The fourth-order valence-electron chi connectivity index (χ4n) is 2.80. The van der Waals surface area contributed by atoms with Gasteiger partial charge in [0.1, 0.15) is 0 Å². The Balaban J connectivity index is 1.55. The monoisotopic (exact) mass is 330 g/mol. The van der Waals surface area contributed by atoms with Gasteiger partial charge in [0.05, 0.1) is 20.2 Å². The lowest BCUT2D eigenvalue weighted by molar-refractivity contribution is -0.142. The molecule has 24 heavy (non-hydrogen) atoms. The number of esters is 1. The van der Waals surface area contributed by atoms with Crippen molar-refractivity contribution in [3.05, 3.63) is 35.7 Å². The van der Waals surface area contributed by atoms with E-state index >= 15 is 0 Å². The maximum absolute atomic E-state index is 11.3. The highest BCUT2D eigenvalue weighted by Crippen LogP contribution is 2.20. The lowest BCUT2D eigenvalue weighted by Crippen LogP contribution is -2.47. The van der Waals surface area contributed by atoms with Crippen molar-refractivity contribution in [2.45, 2.75) is 13.5 Å². The van der Waals surface area contributed by atoms with Crippen LogP contribution in [0, 0.1) is 6.92 Å². The maximum atomic E-state index is 11.3. The molecular weight excluding hydrogens is 308 g/mol. The number of methoxy groups -OCH3 is 1. The highest BCUT2D eigenvalue weighted by atomic mass is 16.5. The van der Waals surface area contributed by atoms with Crippen LogP contribution in [0.15, 0.2) is 28.8 Å². The zero-order chi connectivity index (χ0) is 16.9. The van der Waals surface area contributed by atoms with Crippen LogP contribution in [0.25, 0.3) is 11.4 Å². The standard InChI is InChI=1S/C17H22N4O3/c1-13-5-3-4-6-14(13)17-18-15(24-19-17)11-20-7-9-21(10-8-20)12-16(22)23-2/h3-6H,7-12H2,1-2H3. The van der Waals surface area contributed by atoms with Gasteiger partial charge >= 0.3 is 5.97 Å². The molecule has 0 aliphatic carbocycles. The van der Waals surface area contributed by atoms with E-state index in [1.807, 2.05) is 31.2 Å². The van der Waals surface area contributed by atoms with Crippen LogP contribution in [0.4, 0.5) is 0 Å². The summed E-state index contributed by atoms with van der Waals surface area (Å²) in [5.74, 6) is 1.06. The number of carbonyl (C=O) groups is 1. The van der Waals surface area contributed by atoms with Crippen molar-refractivity contribution in [3.63, 3.8) is 0 Å². The second-order valence-corrected chi connectivity index (χ2v) is 5.96. The summed E-state index contributed by atoms with van der Waals surface area (Å²) < 4.78 is 10.1. The number of carbonyl (C=O) groups excluding carboxylic acids is 1. The van der Waals surface area contributed by atoms with Crippen LogP contribution in [-0.4, -0.2) is 65.7 Å². The van der Waals surface area contributed by atoms with Gasteiger partial charge in [0, 0.05) is 31.7 Å². The van der Waals surface area contributed by atoms with Gasteiger partial charge in [-0.3, -0.25) is 14.6 Å². The molecule has 2 aromatic rings. The molecule has 1 aliphatic rings. The van der Waals surface area contributed by atoms with Gasteiger partial charge in [-0.25, -0.2) is 0 Å². The lowest BCUT2D eigenvalue weighted by Gasteiger charge is -2.33. The first kappa shape index (κ1) is 16.6. The van der Waals surface area contributed by atoms with Crippen molar-refractivity contribution >= 4 is 5.97 Å². The average Bonchev–Trinajstić information content (AvgIpc) is 3.05. The van der Waals surface area contributed by atoms with Gasteiger partial charge in [0.25, 0.3) is 0 Å². The van der Waals surface area contributed by atoms with Crippen molar-refractivity contribution in [1.29, 1.82) is 0 Å². The Morgan fingerprint density at radius 1 is 1.21 bits per heavy atom. The van der Waals surface area contributed by atoms with Crippen LogP contribution >= 0.6 is 0 Å². The Hall–Kier alpha value is -2.25. The second-order valence-electron chi connectivity index (χ2n) is 5.96. The van der Waals surface area contributed by atoms with E-state index in [2.05, 4.69) is 19.9 Å². The van der Waals surface area contributed by atoms with Crippen LogP contribution < -0.4 is 0 Å². The first-order valence-corrected chi connectivity index (χ1v) is 8.06. The summed E-state index contributed by atoms with van der Waals surface area (Å²) in [7, 11) is 1.42. The summed E-state index contributed by atoms with van der Waals surface area (Å²) in [5.41, 5.74) is 2.12. The predicted octanol–water partition coefficient (Wildman–Crippen LogP) is 1.34. The molecule has 7 nitrogen and oxygen atoms in total. The van der Waals surface area contributed by atoms with Gasteiger partial charge in [-0.2, -0.15) is 4.98 Å². The van der Waals surface area contributed by atoms with E-state index in [9.17, 15) is 4.79 Å². The zero-order valence-corrected chi connectivity index (χ0v) is 14.1. The molecule has 128 valence electrons. The van der Waals surface area contributed by atoms with Gasteiger partial charge in [-0.15, -0.1) is 0 Å². The van der Waals surface area contributed by atoms with E-state index in [1.165, 1.54) is 7.11 Å². The zero-order valence-electron chi connectivity index (χ0n) is 14.1. The Kier molecular flexibility index (Phi) is 5.22. The summed E-state index contributed by atoms with van der Waals surface area (Å²) >= 11 is 0. The van der Waals surface area contributed by atoms with E-state index in [0.717, 1.165) is 37.3 Å². The number of aromatic nitrogens is 2. The first-order valence-electron chi connectivity index (χ1n) is 8.06. The third kappa shape index (κ3) is 3.98. The third-order valence-electron chi connectivity index (χ3n) is 4.26. The third-order valence-corrected chi connectivity index (χ3v) is 4.26. The highest BCUT2D eigenvalue weighted by Gasteiger charge is 2.21. The predicted molar refractivity (Wildman–Crippen MR) is 88.2 cm³/mol. The number of piperazine rings is 1. The van der Waals surface area contributed by atoms with Crippen molar-refractivity contribution < 1.29 is 14.1 Å². The molecule has 7 heteroatoms. The molecule has 0 unspecified atom stereocenters. The molecule has 0 saturated carbocycles. The molecule has 0 atom stereocenters. The first-order chi connectivity index (χ1) is 11.7. The summed E-state index contributed by atoms with van der Waals surface area (Å²) in [6.45, 7) is 6.39. The van der Waals surface area contributed by atoms with Crippen molar-refractivity contribution in [3.8, 4) is 11.4 Å². The van der Waals surface area contributed by atoms with Gasteiger partial charge in [0.15, 0.2) is 0 Å². The second kappa shape index (κ2) is 7.55. The number of nitrogens with zero attached hydrogens (tertiary/aromatic N) is 4. The number of hydrogen-bond donors (Lipinski definition) is 0. The summed E-state index contributed by atoms with van der Waals surface area (Å²) in [5, 5.41) is 4.09. The molecule has 0 spiro atoms. The SMILES string of the molecule is COC(=O)CN1CCN(Cc2nc(-c3ccccc3C)no2)CC1. The highest BCUT2D eigenvalue weighted by molar-refractivity contribution is 5.71. The van der Waals surface area contributed by atoms with Crippen LogP contribution in [0.3, 0.4) is 0 Å². The molecule has 1 aliphatic heterocycles. The van der Waals surface area contributed by atoms with Gasteiger partial charge in [-0.05, 0) is 12.5 Å². The van der Waals surface area contributed by atoms with Crippen LogP contribution in [0.5, 0.6) is 0 Å². The molecule has 1 fully saturated rings. The lowest BCUT2D eigenvalue weighted by atomic mass is 10.1. The van der Waals surface area contributed by atoms with E-state index in [0.29, 0.717) is 24.8 Å². The molecule has 1 aromatic heterocycles. The minimum atomic E-state index is -0.191. The molecule has 1 aromatic carbocycles. The maximum Gasteiger partial charge on any atom is 0.319 e. The minimum absolute atomic E-state index is 0.191. The molecule has 1 saturated heterocycles. The van der Waals surface area contributed by atoms with E-state index in [1.54, 1.807) is 0 Å². The largest absolute Gasteiger partial charge is 0.468 e. The summed E-state index contributed by atoms with van der Waals surface area (Å²) in [4.78, 5) is 20.2. The molecular formula is C17H22N4O3. The molecule has 0 N–H and O–H groups in total. The van der Waals surface area contributed by atoms with E-state index < -0.39 is 0 Å². The van der Waals surface area contributed by atoms with E-state index in [-0.39, 0.29) is 5.97 Å². The Bertz CT molecular complexity index is 693. The Morgan fingerprint density at radius 3 is 2.62 bits per heavy atom. The van der Waals surface area contributed by atoms with Crippen LogP contribution in [-0.2, 0) is 16.1 Å². The Labute approximate surface area is 141 Å². The number of aryl methyl sites for hydroxylation is 1. The average molecular weight is 330 g/mol. The number of ether oxygens (including phenoxy) is 1. The fraction of sp³-hybridized carbons (Fsp3) is 0.471.